The third-order valence-corrected chi connectivity index (χ3v) is 3.22. The maximum absolute atomic E-state index is 5.40. The van der Waals surface area contributed by atoms with Gasteiger partial charge in [-0.3, -0.25) is 0 Å². The van der Waals surface area contributed by atoms with Gasteiger partial charge in [0.05, 0.1) is 6.54 Å². The van der Waals surface area contributed by atoms with Gasteiger partial charge in [0.2, 0.25) is 0 Å². The summed E-state index contributed by atoms with van der Waals surface area (Å²) in [7, 11) is 0. The Morgan fingerprint density at radius 2 is 2.36 bits per heavy atom. The highest BCUT2D eigenvalue weighted by atomic mass is 79.9. The highest BCUT2D eigenvalue weighted by Crippen LogP contribution is 2.14. The van der Waals surface area contributed by atoms with Crippen molar-refractivity contribution in [3.63, 3.8) is 0 Å². The van der Waals surface area contributed by atoms with Crippen molar-refractivity contribution in [3.05, 3.63) is 22.6 Å². The summed E-state index contributed by atoms with van der Waals surface area (Å²) in [6.07, 6.45) is 3.29. The van der Waals surface area contributed by atoms with Crippen LogP contribution in [0.4, 0.5) is 0 Å². The fourth-order valence-electron chi connectivity index (χ4n) is 1.21. The summed E-state index contributed by atoms with van der Waals surface area (Å²) in [5.74, 6) is 2.13. The molecule has 0 aliphatic rings. The molecule has 1 rings (SSSR count). The number of hydrogen-bond donors (Lipinski definition) is 1. The molecule has 2 nitrogen and oxygen atoms in total. The smallest absolute Gasteiger partial charge is 0.169 e. The molecule has 0 aromatic carbocycles. The summed E-state index contributed by atoms with van der Waals surface area (Å²) in [5, 5.41) is 3.46. The van der Waals surface area contributed by atoms with Gasteiger partial charge in [0.1, 0.15) is 5.76 Å². The first-order valence-electron chi connectivity index (χ1n) is 4.72. The average Bonchev–Trinajstić information content (AvgIpc) is 2.59. The summed E-state index contributed by atoms with van der Waals surface area (Å²) >= 11 is 5.16. The lowest BCUT2D eigenvalue weighted by Gasteiger charge is -2.14. The minimum absolute atomic E-state index is 0.578. The first-order valence-corrected chi connectivity index (χ1v) is 6.91. The number of nitrogens with one attached hydrogen (secondary N) is 1. The molecule has 14 heavy (non-hydrogen) atoms. The summed E-state index contributed by atoms with van der Waals surface area (Å²) in [5.41, 5.74) is 0. The van der Waals surface area contributed by atoms with Gasteiger partial charge in [0.15, 0.2) is 4.67 Å². The molecule has 0 radical (unpaired) electrons. The Morgan fingerprint density at radius 3 is 2.86 bits per heavy atom. The second kappa shape index (κ2) is 6.53. The molecule has 0 fully saturated rings. The summed E-state index contributed by atoms with van der Waals surface area (Å²) in [6, 6.07) is 4.49. The van der Waals surface area contributed by atoms with Crippen LogP contribution in [0.15, 0.2) is 21.2 Å². The van der Waals surface area contributed by atoms with Gasteiger partial charge in [-0.05, 0) is 40.7 Å². The van der Waals surface area contributed by atoms with Crippen LogP contribution in [0.2, 0.25) is 0 Å². The molecule has 1 aromatic heterocycles. The van der Waals surface area contributed by atoms with E-state index in [0.717, 1.165) is 29.1 Å². The predicted molar refractivity (Wildman–Crippen MR) is 65.7 cm³/mol. The van der Waals surface area contributed by atoms with Crippen molar-refractivity contribution < 1.29 is 4.42 Å². The van der Waals surface area contributed by atoms with E-state index in [1.165, 1.54) is 0 Å². The molecule has 0 aliphatic carbocycles. The number of halogens is 1. The van der Waals surface area contributed by atoms with Crippen LogP contribution in [0.5, 0.6) is 0 Å². The molecule has 0 bridgehead atoms. The molecule has 0 aliphatic heterocycles. The van der Waals surface area contributed by atoms with Gasteiger partial charge in [-0.1, -0.05) is 6.92 Å². The standard InChI is InChI=1S/C10H16BrNOS/c1-3-8(7-14-2)12-6-9-4-5-10(11)13-9/h4-5,8,12H,3,6-7H2,1-2H3. The topological polar surface area (TPSA) is 25.2 Å². The monoisotopic (exact) mass is 277 g/mol. The Hall–Kier alpha value is 0.0700. The highest BCUT2D eigenvalue weighted by molar-refractivity contribution is 9.10. The van der Waals surface area contributed by atoms with E-state index < -0.39 is 0 Å². The molecule has 80 valence electrons. The maximum Gasteiger partial charge on any atom is 0.169 e. The fraction of sp³-hybridized carbons (Fsp3) is 0.600. The SMILES string of the molecule is CCC(CSC)NCc1ccc(Br)o1. The van der Waals surface area contributed by atoms with Crippen LogP contribution < -0.4 is 5.32 Å². The minimum Gasteiger partial charge on any atom is -0.453 e. The number of hydrogen-bond acceptors (Lipinski definition) is 3. The van der Waals surface area contributed by atoms with Crippen molar-refractivity contribution in [1.29, 1.82) is 0 Å². The number of thioether (sulfide) groups is 1. The molecule has 1 N–H and O–H groups in total. The zero-order chi connectivity index (χ0) is 10.4. The van der Waals surface area contributed by atoms with Crippen molar-refractivity contribution in [2.24, 2.45) is 0 Å². The molecule has 1 unspecified atom stereocenters. The largest absolute Gasteiger partial charge is 0.453 e. The molecular formula is C10H16BrNOS. The van der Waals surface area contributed by atoms with Crippen LogP contribution in [0.3, 0.4) is 0 Å². The number of rotatable bonds is 6. The van der Waals surface area contributed by atoms with E-state index in [0.29, 0.717) is 6.04 Å². The molecule has 0 spiro atoms. The van der Waals surface area contributed by atoms with E-state index in [2.05, 4.69) is 34.4 Å². The van der Waals surface area contributed by atoms with E-state index in [4.69, 9.17) is 4.42 Å². The molecule has 0 saturated carbocycles. The van der Waals surface area contributed by atoms with E-state index in [9.17, 15) is 0 Å². The lowest BCUT2D eigenvalue weighted by atomic mass is 10.2. The Balaban J connectivity index is 2.31. The van der Waals surface area contributed by atoms with Crippen molar-refractivity contribution in [2.45, 2.75) is 25.9 Å². The first kappa shape index (κ1) is 12.1. The van der Waals surface area contributed by atoms with E-state index in [1.807, 2.05) is 23.9 Å². The lowest BCUT2D eigenvalue weighted by molar-refractivity contribution is 0.441. The van der Waals surface area contributed by atoms with E-state index in [1.54, 1.807) is 0 Å². The minimum atomic E-state index is 0.578. The van der Waals surface area contributed by atoms with E-state index in [-0.39, 0.29) is 0 Å². The lowest BCUT2D eigenvalue weighted by Crippen LogP contribution is -2.29. The van der Waals surface area contributed by atoms with Crippen LogP contribution in [-0.2, 0) is 6.54 Å². The summed E-state index contributed by atoms with van der Waals surface area (Å²) in [6.45, 7) is 3.01. The van der Waals surface area contributed by atoms with Gasteiger partial charge >= 0.3 is 0 Å². The van der Waals surface area contributed by atoms with Gasteiger partial charge < -0.3 is 9.73 Å². The normalized spacial score (nSPS) is 13.1. The van der Waals surface area contributed by atoms with Crippen LogP contribution in [0, 0.1) is 0 Å². The molecule has 4 heteroatoms. The molecule has 0 saturated heterocycles. The zero-order valence-corrected chi connectivity index (χ0v) is 11.0. The van der Waals surface area contributed by atoms with Gasteiger partial charge in [-0.15, -0.1) is 0 Å². The maximum atomic E-state index is 5.40. The average molecular weight is 278 g/mol. The molecule has 1 aromatic rings. The summed E-state index contributed by atoms with van der Waals surface area (Å²) < 4.78 is 6.20. The van der Waals surface area contributed by atoms with Crippen molar-refractivity contribution in [3.8, 4) is 0 Å². The van der Waals surface area contributed by atoms with Crippen LogP contribution in [0.25, 0.3) is 0 Å². The third-order valence-electron chi connectivity index (χ3n) is 2.05. The second-order valence-corrected chi connectivity index (χ2v) is 4.84. The van der Waals surface area contributed by atoms with Crippen LogP contribution in [-0.4, -0.2) is 18.1 Å². The molecular weight excluding hydrogens is 262 g/mol. The van der Waals surface area contributed by atoms with Gasteiger partial charge in [0.25, 0.3) is 0 Å². The van der Waals surface area contributed by atoms with Crippen molar-refractivity contribution >= 4 is 27.7 Å². The first-order chi connectivity index (χ1) is 6.76. The summed E-state index contributed by atoms with van der Waals surface area (Å²) in [4.78, 5) is 0. The van der Waals surface area contributed by atoms with Gasteiger partial charge in [-0.25, -0.2) is 0 Å². The van der Waals surface area contributed by atoms with E-state index >= 15 is 0 Å². The van der Waals surface area contributed by atoms with Crippen LogP contribution in [0.1, 0.15) is 19.1 Å². The fourth-order valence-corrected chi connectivity index (χ4v) is 2.31. The highest BCUT2D eigenvalue weighted by Gasteiger charge is 2.05. The molecule has 0 amide bonds. The van der Waals surface area contributed by atoms with Crippen molar-refractivity contribution in [1.82, 2.24) is 5.32 Å². The zero-order valence-electron chi connectivity index (χ0n) is 8.55. The van der Waals surface area contributed by atoms with Crippen LogP contribution >= 0.6 is 27.7 Å². The Bertz CT molecular complexity index is 264. The molecule has 1 atom stereocenters. The Morgan fingerprint density at radius 1 is 1.57 bits per heavy atom. The third kappa shape index (κ3) is 4.07. The number of furan rings is 1. The predicted octanol–water partition coefficient (Wildman–Crippen LogP) is 3.27. The quantitative estimate of drug-likeness (QED) is 0.864. The van der Waals surface area contributed by atoms with Gasteiger partial charge in [-0.2, -0.15) is 11.8 Å². The van der Waals surface area contributed by atoms with Crippen molar-refractivity contribution in [2.75, 3.05) is 12.0 Å². The molecule has 1 heterocycles. The second-order valence-electron chi connectivity index (χ2n) is 3.15. The Labute approximate surface area is 98.0 Å². The Kier molecular flexibility index (Phi) is 5.67. The van der Waals surface area contributed by atoms with Gasteiger partial charge in [0, 0.05) is 11.8 Å².